The summed E-state index contributed by atoms with van der Waals surface area (Å²) in [7, 11) is 1.63. The van der Waals surface area contributed by atoms with Gasteiger partial charge in [-0.05, 0) is 53.6 Å². The summed E-state index contributed by atoms with van der Waals surface area (Å²) < 4.78 is 6.26. The van der Waals surface area contributed by atoms with E-state index in [0.717, 1.165) is 49.2 Å². The molecule has 0 bridgehead atoms. The van der Waals surface area contributed by atoms with E-state index in [2.05, 4.69) is 15.9 Å². The van der Waals surface area contributed by atoms with Crippen molar-refractivity contribution in [2.24, 2.45) is 5.10 Å². The van der Waals surface area contributed by atoms with E-state index in [1.54, 1.807) is 19.2 Å². The number of hydrazone groups is 1. The molecule has 192 valence electrons. The van der Waals surface area contributed by atoms with Crippen LogP contribution >= 0.6 is 15.9 Å². The van der Waals surface area contributed by atoms with Gasteiger partial charge < -0.3 is 4.74 Å². The number of benzene rings is 4. The van der Waals surface area contributed by atoms with Gasteiger partial charge in [0.2, 0.25) is 5.95 Å². The lowest BCUT2D eigenvalue weighted by molar-refractivity contribution is -0.384. The number of halogens is 1. The van der Waals surface area contributed by atoms with Crippen molar-refractivity contribution >= 4 is 44.2 Å². The van der Waals surface area contributed by atoms with Crippen molar-refractivity contribution in [1.29, 1.82) is 0 Å². The third-order valence-corrected chi connectivity index (χ3v) is 7.21. The standard InChI is InChI=1S/C30H22BrN5O3/c1-39-24-14-9-19(10-15-24)27-18-28(20-7-12-23(13-8-20)36(37)38)35(34-27)30-32-26-16-11-22(31)17-25(26)29(33-30)21-5-3-2-4-6-21/h2-17,28H,18H2,1H3/t28-/m0/s1. The van der Waals surface area contributed by atoms with Crippen molar-refractivity contribution in [2.45, 2.75) is 12.5 Å². The predicted octanol–water partition coefficient (Wildman–Crippen LogP) is 7.33. The normalized spacial score (nSPS) is 14.9. The highest BCUT2D eigenvalue weighted by Gasteiger charge is 2.32. The number of nitro benzene ring substituents is 1. The third kappa shape index (κ3) is 4.84. The average Bonchev–Trinajstić information content (AvgIpc) is 3.43. The Bertz CT molecular complexity index is 1710. The third-order valence-electron chi connectivity index (χ3n) is 6.72. The Kier molecular flexibility index (Phi) is 6.50. The van der Waals surface area contributed by atoms with E-state index in [0.29, 0.717) is 12.4 Å². The fraction of sp³-hybridized carbons (Fsp3) is 0.100. The van der Waals surface area contributed by atoms with E-state index in [1.165, 1.54) is 12.1 Å². The van der Waals surface area contributed by atoms with Gasteiger partial charge in [0.15, 0.2) is 0 Å². The summed E-state index contributed by atoms with van der Waals surface area (Å²) in [5.41, 5.74) is 5.30. The molecule has 0 fully saturated rings. The number of fused-ring (bicyclic) bond motifs is 1. The Morgan fingerprint density at radius 1 is 0.923 bits per heavy atom. The maximum Gasteiger partial charge on any atom is 0.269 e. The first-order valence-electron chi connectivity index (χ1n) is 12.3. The number of ether oxygens (including phenoxy) is 1. The maximum atomic E-state index is 11.3. The van der Waals surface area contributed by atoms with Crippen molar-refractivity contribution in [1.82, 2.24) is 9.97 Å². The van der Waals surface area contributed by atoms with Crippen LogP contribution in [-0.2, 0) is 0 Å². The molecule has 0 amide bonds. The van der Waals surface area contributed by atoms with Gasteiger partial charge in [0.1, 0.15) is 5.75 Å². The van der Waals surface area contributed by atoms with Crippen LogP contribution in [0.3, 0.4) is 0 Å². The first-order valence-corrected chi connectivity index (χ1v) is 13.1. The number of non-ortho nitro benzene ring substituents is 1. The molecule has 6 rings (SSSR count). The summed E-state index contributed by atoms with van der Waals surface area (Å²) in [6, 6.07) is 30.0. The Hall–Kier alpha value is -4.63. The molecule has 0 unspecified atom stereocenters. The van der Waals surface area contributed by atoms with Crippen LogP contribution in [0.5, 0.6) is 5.75 Å². The molecular formula is C30H22BrN5O3. The molecule has 1 aliphatic heterocycles. The van der Waals surface area contributed by atoms with Gasteiger partial charge in [0, 0.05) is 34.0 Å². The Balaban J connectivity index is 1.51. The van der Waals surface area contributed by atoms with Crippen LogP contribution in [0, 0.1) is 10.1 Å². The smallest absolute Gasteiger partial charge is 0.269 e. The molecule has 1 aliphatic rings. The number of rotatable bonds is 6. The monoisotopic (exact) mass is 579 g/mol. The molecule has 0 radical (unpaired) electrons. The molecular weight excluding hydrogens is 558 g/mol. The molecule has 0 N–H and O–H groups in total. The van der Waals surface area contributed by atoms with Gasteiger partial charge in [-0.25, -0.2) is 15.0 Å². The van der Waals surface area contributed by atoms with E-state index in [-0.39, 0.29) is 11.7 Å². The highest BCUT2D eigenvalue weighted by atomic mass is 79.9. The second-order valence-corrected chi connectivity index (χ2v) is 10.0. The van der Waals surface area contributed by atoms with Crippen molar-refractivity contribution < 1.29 is 9.66 Å². The van der Waals surface area contributed by atoms with Crippen molar-refractivity contribution in [3.05, 3.63) is 123 Å². The van der Waals surface area contributed by atoms with E-state index < -0.39 is 4.92 Å². The molecule has 0 saturated carbocycles. The number of hydrogen-bond acceptors (Lipinski definition) is 7. The maximum absolute atomic E-state index is 11.3. The highest BCUT2D eigenvalue weighted by molar-refractivity contribution is 9.10. The van der Waals surface area contributed by atoms with Gasteiger partial charge in [0.05, 0.1) is 35.0 Å². The first kappa shape index (κ1) is 24.7. The van der Waals surface area contributed by atoms with Gasteiger partial charge in [-0.15, -0.1) is 0 Å². The van der Waals surface area contributed by atoms with Crippen molar-refractivity contribution in [3.8, 4) is 17.0 Å². The van der Waals surface area contributed by atoms with Gasteiger partial charge in [-0.2, -0.15) is 5.10 Å². The lowest BCUT2D eigenvalue weighted by Gasteiger charge is -2.23. The lowest BCUT2D eigenvalue weighted by Crippen LogP contribution is -2.21. The van der Waals surface area contributed by atoms with E-state index in [4.69, 9.17) is 19.8 Å². The molecule has 0 saturated heterocycles. The number of anilines is 1. The minimum Gasteiger partial charge on any atom is -0.497 e. The summed E-state index contributed by atoms with van der Waals surface area (Å²) in [4.78, 5) is 20.8. The van der Waals surface area contributed by atoms with Crippen LogP contribution < -0.4 is 9.75 Å². The molecule has 4 aromatic carbocycles. The molecule has 8 nitrogen and oxygen atoms in total. The summed E-state index contributed by atoms with van der Waals surface area (Å²) in [6.45, 7) is 0. The number of nitrogens with zero attached hydrogens (tertiary/aromatic N) is 5. The van der Waals surface area contributed by atoms with Crippen LogP contribution in [-0.4, -0.2) is 27.7 Å². The van der Waals surface area contributed by atoms with Crippen LogP contribution in [0.4, 0.5) is 11.6 Å². The van der Waals surface area contributed by atoms with Gasteiger partial charge in [0.25, 0.3) is 5.69 Å². The number of aromatic nitrogens is 2. The topological polar surface area (TPSA) is 93.8 Å². The summed E-state index contributed by atoms with van der Waals surface area (Å²) in [5.74, 6) is 1.22. The minimum atomic E-state index is -0.397. The Morgan fingerprint density at radius 2 is 1.67 bits per heavy atom. The molecule has 1 aromatic heterocycles. The second-order valence-electron chi connectivity index (χ2n) is 9.09. The molecule has 39 heavy (non-hydrogen) atoms. The molecule has 0 aliphatic carbocycles. The second kappa shape index (κ2) is 10.3. The quantitative estimate of drug-likeness (QED) is 0.154. The van der Waals surface area contributed by atoms with E-state index in [9.17, 15) is 10.1 Å². The molecule has 1 atom stereocenters. The van der Waals surface area contributed by atoms with Gasteiger partial charge in [-0.3, -0.25) is 10.1 Å². The Labute approximate surface area is 232 Å². The number of methoxy groups -OCH3 is 1. The average molecular weight is 580 g/mol. The molecule has 5 aromatic rings. The largest absolute Gasteiger partial charge is 0.497 e. The zero-order valence-electron chi connectivity index (χ0n) is 20.9. The number of nitro groups is 1. The Morgan fingerprint density at radius 3 is 2.36 bits per heavy atom. The predicted molar refractivity (Wildman–Crippen MR) is 155 cm³/mol. The molecule has 2 heterocycles. The summed E-state index contributed by atoms with van der Waals surface area (Å²) in [5, 5.41) is 19.0. The summed E-state index contributed by atoms with van der Waals surface area (Å²) >= 11 is 3.58. The van der Waals surface area contributed by atoms with Crippen LogP contribution in [0.15, 0.2) is 107 Å². The fourth-order valence-corrected chi connectivity index (χ4v) is 5.10. The SMILES string of the molecule is COc1ccc(C2=NN(c3nc(-c4ccccc4)c4cc(Br)ccc4n3)[C@H](c3ccc([N+](=O)[O-])cc3)C2)cc1. The molecule has 9 heteroatoms. The van der Waals surface area contributed by atoms with Gasteiger partial charge >= 0.3 is 0 Å². The fourth-order valence-electron chi connectivity index (χ4n) is 4.74. The van der Waals surface area contributed by atoms with Crippen LogP contribution in [0.25, 0.3) is 22.2 Å². The van der Waals surface area contributed by atoms with Gasteiger partial charge in [-0.1, -0.05) is 58.4 Å². The lowest BCUT2D eigenvalue weighted by atomic mass is 9.98. The molecule has 0 spiro atoms. The van der Waals surface area contributed by atoms with Crippen molar-refractivity contribution in [3.63, 3.8) is 0 Å². The first-order chi connectivity index (χ1) is 19.0. The highest BCUT2D eigenvalue weighted by Crippen LogP contribution is 2.38. The van der Waals surface area contributed by atoms with Crippen molar-refractivity contribution in [2.75, 3.05) is 12.1 Å². The van der Waals surface area contributed by atoms with Crippen LogP contribution in [0.2, 0.25) is 0 Å². The zero-order valence-corrected chi connectivity index (χ0v) is 22.4. The summed E-state index contributed by atoms with van der Waals surface area (Å²) in [6.07, 6.45) is 0.576. The van der Waals surface area contributed by atoms with E-state index >= 15 is 0 Å². The van der Waals surface area contributed by atoms with Crippen LogP contribution in [0.1, 0.15) is 23.6 Å². The zero-order chi connectivity index (χ0) is 26.9. The van der Waals surface area contributed by atoms with E-state index in [1.807, 2.05) is 77.8 Å². The minimum absolute atomic E-state index is 0.0403. The number of hydrogen-bond donors (Lipinski definition) is 0.